The molecule has 2 aromatic rings. The van der Waals surface area contributed by atoms with Crippen molar-refractivity contribution in [3.8, 4) is 0 Å². The Balaban J connectivity index is 2.13. The zero-order valence-electron chi connectivity index (χ0n) is 10.8. The molecule has 0 saturated carbocycles. The SMILES string of the molecule is Cc1c(N)cccc1C(=O)OCc1cc(F)ccc1Br. The van der Waals surface area contributed by atoms with Crippen LogP contribution in [-0.4, -0.2) is 5.97 Å². The molecule has 0 fully saturated rings. The molecule has 0 unspecified atom stereocenters. The number of nitrogen functional groups attached to an aromatic ring is 1. The number of halogens is 2. The summed E-state index contributed by atoms with van der Waals surface area (Å²) < 4.78 is 19.0. The van der Waals surface area contributed by atoms with Crippen LogP contribution in [0, 0.1) is 12.7 Å². The second-order valence-electron chi connectivity index (χ2n) is 4.33. The maximum absolute atomic E-state index is 13.1. The molecule has 0 aromatic heterocycles. The number of ether oxygens (including phenoxy) is 1. The van der Waals surface area contributed by atoms with Gasteiger partial charge in [0.25, 0.3) is 0 Å². The van der Waals surface area contributed by atoms with E-state index in [1.165, 1.54) is 12.1 Å². The smallest absolute Gasteiger partial charge is 0.338 e. The van der Waals surface area contributed by atoms with E-state index in [0.717, 1.165) is 0 Å². The summed E-state index contributed by atoms with van der Waals surface area (Å²) >= 11 is 3.28. The zero-order chi connectivity index (χ0) is 14.7. The molecule has 5 heteroatoms. The molecular weight excluding hydrogens is 325 g/mol. The molecule has 0 radical (unpaired) electrons. The third-order valence-electron chi connectivity index (χ3n) is 2.96. The number of esters is 1. The van der Waals surface area contributed by atoms with Crippen LogP contribution in [0.5, 0.6) is 0 Å². The van der Waals surface area contributed by atoms with Gasteiger partial charge in [-0.05, 0) is 42.8 Å². The molecule has 20 heavy (non-hydrogen) atoms. The number of hydrogen-bond acceptors (Lipinski definition) is 3. The number of hydrogen-bond donors (Lipinski definition) is 1. The minimum absolute atomic E-state index is 0.00852. The fourth-order valence-corrected chi connectivity index (χ4v) is 2.11. The number of nitrogens with two attached hydrogens (primary N) is 1. The van der Waals surface area contributed by atoms with E-state index in [4.69, 9.17) is 10.5 Å². The maximum Gasteiger partial charge on any atom is 0.338 e. The van der Waals surface area contributed by atoms with E-state index in [-0.39, 0.29) is 12.4 Å². The van der Waals surface area contributed by atoms with Gasteiger partial charge in [0.15, 0.2) is 0 Å². The lowest BCUT2D eigenvalue weighted by Crippen LogP contribution is -2.08. The van der Waals surface area contributed by atoms with Crippen LogP contribution in [0.15, 0.2) is 40.9 Å². The fourth-order valence-electron chi connectivity index (χ4n) is 1.75. The minimum atomic E-state index is -0.481. The summed E-state index contributed by atoms with van der Waals surface area (Å²) in [6, 6.07) is 9.28. The van der Waals surface area contributed by atoms with Crippen LogP contribution in [0.25, 0.3) is 0 Å². The van der Waals surface area contributed by atoms with E-state index < -0.39 is 5.97 Å². The highest BCUT2D eigenvalue weighted by molar-refractivity contribution is 9.10. The van der Waals surface area contributed by atoms with Gasteiger partial charge in [0.05, 0.1) is 5.56 Å². The lowest BCUT2D eigenvalue weighted by Gasteiger charge is -2.09. The van der Waals surface area contributed by atoms with E-state index in [0.29, 0.717) is 26.9 Å². The highest BCUT2D eigenvalue weighted by atomic mass is 79.9. The monoisotopic (exact) mass is 337 g/mol. The Morgan fingerprint density at radius 2 is 2.10 bits per heavy atom. The summed E-state index contributed by atoms with van der Waals surface area (Å²) in [7, 11) is 0. The number of anilines is 1. The summed E-state index contributed by atoms with van der Waals surface area (Å²) in [4.78, 5) is 12.0. The van der Waals surface area contributed by atoms with E-state index in [1.54, 1.807) is 31.2 Å². The molecule has 2 aromatic carbocycles. The van der Waals surface area contributed by atoms with Crippen molar-refractivity contribution >= 4 is 27.6 Å². The molecule has 0 aliphatic heterocycles. The summed E-state index contributed by atoms with van der Waals surface area (Å²) in [6.45, 7) is 1.75. The van der Waals surface area contributed by atoms with Gasteiger partial charge in [-0.25, -0.2) is 9.18 Å². The van der Waals surface area contributed by atoms with Crippen LogP contribution in [0.3, 0.4) is 0 Å². The molecule has 0 aliphatic carbocycles. The Hall–Kier alpha value is -1.88. The van der Waals surface area contributed by atoms with Crippen molar-refractivity contribution in [1.82, 2.24) is 0 Å². The Kier molecular flexibility index (Phi) is 4.39. The first-order valence-corrected chi connectivity index (χ1v) is 6.74. The van der Waals surface area contributed by atoms with Crippen LogP contribution in [0.2, 0.25) is 0 Å². The van der Waals surface area contributed by atoms with Gasteiger partial charge < -0.3 is 10.5 Å². The summed E-state index contributed by atoms with van der Waals surface area (Å²) in [6.07, 6.45) is 0. The van der Waals surface area contributed by atoms with Crippen LogP contribution >= 0.6 is 15.9 Å². The Bertz CT molecular complexity index is 658. The average Bonchev–Trinajstić information content (AvgIpc) is 2.42. The quantitative estimate of drug-likeness (QED) is 0.683. The van der Waals surface area contributed by atoms with Crippen LogP contribution in [0.4, 0.5) is 10.1 Å². The molecule has 2 rings (SSSR count). The number of carbonyl (C=O) groups excluding carboxylic acids is 1. The molecule has 0 saturated heterocycles. The molecule has 2 N–H and O–H groups in total. The first-order chi connectivity index (χ1) is 9.49. The standard InChI is InChI=1S/C15H13BrFNO2/c1-9-12(3-2-4-14(9)18)15(19)20-8-10-7-11(17)5-6-13(10)16/h2-7H,8,18H2,1H3. The van der Waals surface area contributed by atoms with Gasteiger partial charge in [0, 0.05) is 15.7 Å². The predicted molar refractivity (Wildman–Crippen MR) is 78.8 cm³/mol. The van der Waals surface area contributed by atoms with Gasteiger partial charge in [-0.15, -0.1) is 0 Å². The third-order valence-corrected chi connectivity index (χ3v) is 3.74. The van der Waals surface area contributed by atoms with Crippen molar-refractivity contribution < 1.29 is 13.9 Å². The van der Waals surface area contributed by atoms with Crippen LogP contribution < -0.4 is 5.73 Å². The lowest BCUT2D eigenvalue weighted by atomic mass is 10.1. The summed E-state index contributed by atoms with van der Waals surface area (Å²) in [5.41, 5.74) is 7.94. The van der Waals surface area contributed by atoms with Crippen molar-refractivity contribution in [3.63, 3.8) is 0 Å². The first kappa shape index (κ1) is 14.5. The van der Waals surface area contributed by atoms with Crippen molar-refractivity contribution in [3.05, 3.63) is 63.4 Å². The van der Waals surface area contributed by atoms with Crippen molar-refractivity contribution in [2.75, 3.05) is 5.73 Å². The van der Waals surface area contributed by atoms with Gasteiger partial charge in [-0.3, -0.25) is 0 Å². The third kappa shape index (κ3) is 3.17. The lowest BCUT2D eigenvalue weighted by molar-refractivity contribution is 0.0470. The minimum Gasteiger partial charge on any atom is -0.457 e. The largest absolute Gasteiger partial charge is 0.457 e. The normalized spacial score (nSPS) is 10.3. The fraction of sp³-hybridized carbons (Fsp3) is 0.133. The molecule has 0 aliphatic rings. The van der Waals surface area contributed by atoms with Gasteiger partial charge in [-0.2, -0.15) is 0 Å². The Morgan fingerprint density at radius 1 is 1.35 bits per heavy atom. The predicted octanol–water partition coefficient (Wildman–Crippen LogP) is 3.84. The van der Waals surface area contributed by atoms with Crippen molar-refractivity contribution in [2.45, 2.75) is 13.5 Å². The van der Waals surface area contributed by atoms with E-state index >= 15 is 0 Å². The summed E-state index contributed by atoms with van der Waals surface area (Å²) in [5.74, 6) is -0.856. The second-order valence-corrected chi connectivity index (χ2v) is 5.19. The molecule has 3 nitrogen and oxygen atoms in total. The van der Waals surface area contributed by atoms with Crippen LogP contribution in [-0.2, 0) is 11.3 Å². The number of carbonyl (C=O) groups is 1. The van der Waals surface area contributed by atoms with E-state index in [2.05, 4.69) is 15.9 Å². The molecule has 104 valence electrons. The molecule has 0 atom stereocenters. The highest BCUT2D eigenvalue weighted by Gasteiger charge is 2.13. The second kappa shape index (κ2) is 6.05. The number of benzene rings is 2. The Morgan fingerprint density at radius 3 is 2.85 bits per heavy atom. The van der Waals surface area contributed by atoms with Gasteiger partial charge in [0.1, 0.15) is 12.4 Å². The molecule has 0 heterocycles. The topological polar surface area (TPSA) is 52.3 Å². The molecular formula is C15H13BrFNO2. The average molecular weight is 338 g/mol. The first-order valence-electron chi connectivity index (χ1n) is 5.95. The molecule has 0 amide bonds. The van der Waals surface area contributed by atoms with Gasteiger partial charge in [0.2, 0.25) is 0 Å². The van der Waals surface area contributed by atoms with Crippen molar-refractivity contribution in [1.29, 1.82) is 0 Å². The summed E-state index contributed by atoms with van der Waals surface area (Å²) in [5, 5.41) is 0. The maximum atomic E-state index is 13.1. The molecule has 0 spiro atoms. The number of rotatable bonds is 3. The van der Waals surface area contributed by atoms with E-state index in [1.807, 2.05) is 0 Å². The van der Waals surface area contributed by atoms with Crippen molar-refractivity contribution in [2.24, 2.45) is 0 Å². The molecule has 0 bridgehead atoms. The Labute approximate surface area is 124 Å². The van der Waals surface area contributed by atoms with Gasteiger partial charge in [-0.1, -0.05) is 22.0 Å². The zero-order valence-corrected chi connectivity index (χ0v) is 12.4. The highest BCUT2D eigenvalue weighted by Crippen LogP contribution is 2.21. The van der Waals surface area contributed by atoms with E-state index in [9.17, 15) is 9.18 Å². The van der Waals surface area contributed by atoms with Gasteiger partial charge >= 0.3 is 5.97 Å². The van der Waals surface area contributed by atoms with Crippen LogP contribution in [0.1, 0.15) is 21.5 Å².